The molecule has 29 heavy (non-hydrogen) atoms. The summed E-state index contributed by atoms with van der Waals surface area (Å²) in [6.45, 7) is 2.26. The molecule has 0 bridgehead atoms. The van der Waals surface area contributed by atoms with Crippen LogP contribution >= 0.6 is 0 Å². The molecule has 0 radical (unpaired) electrons. The van der Waals surface area contributed by atoms with E-state index < -0.39 is 20.8 Å². The molecule has 0 aliphatic rings. The SMILES string of the molecule is CCCCCCCCCCCCCCCCCCc1ccc(S(=O)(=O)O)c(F)c1. The van der Waals surface area contributed by atoms with Gasteiger partial charge in [-0.1, -0.05) is 109 Å². The summed E-state index contributed by atoms with van der Waals surface area (Å²) in [5, 5.41) is 0. The van der Waals surface area contributed by atoms with Crippen molar-refractivity contribution in [3.63, 3.8) is 0 Å². The molecule has 0 heterocycles. The highest BCUT2D eigenvalue weighted by molar-refractivity contribution is 7.85. The van der Waals surface area contributed by atoms with E-state index >= 15 is 0 Å². The molecule has 0 aromatic heterocycles. The molecule has 0 spiro atoms. The molecule has 0 unspecified atom stereocenters. The Kier molecular flexibility index (Phi) is 14.3. The van der Waals surface area contributed by atoms with Crippen molar-refractivity contribution in [3.05, 3.63) is 29.6 Å². The summed E-state index contributed by atoms with van der Waals surface area (Å²) in [4.78, 5) is -0.645. The van der Waals surface area contributed by atoms with E-state index in [1.807, 2.05) is 0 Å². The maximum atomic E-state index is 13.7. The fraction of sp³-hybridized carbons (Fsp3) is 0.750. The molecule has 0 saturated heterocycles. The summed E-state index contributed by atoms with van der Waals surface area (Å²) in [7, 11) is -4.48. The van der Waals surface area contributed by atoms with Crippen molar-refractivity contribution in [1.29, 1.82) is 0 Å². The number of rotatable bonds is 18. The molecular formula is C24H41FO3S. The normalized spacial score (nSPS) is 11.8. The molecule has 0 aliphatic carbocycles. The summed E-state index contributed by atoms with van der Waals surface area (Å²) in [5.41, 5.74) is 0.778. The van der Waals surface area contributed by atoms with Crippen LogP contribution in [0.4, 0.5) is 4.39 Å². The molecule has 1 rings (SSSR count). The lowest BCUT2D eigenvalue weighted by atomic mass is 10.0. The van der Waals surface area contributed by atoms with Gasteiger partial charge in [0.25, 0.3) is 10.1 Å². The Morgan fingerprint density at radius 3 is 1.52 bits per heavy atom. The molecule has 0 atom stereocenters. The van der Waals surface area contributed by atoms with Crippen molar-refractivity contribution in [2.24, 2.45) is 0 Å². The molecule has 5 heteroatoms. The van der Waals surface area contributed by atoms with Crippen LogP contribution in [-0.4, -0.2) is 13.0 Å². The Morgan fingerprint density at radius 1 is 0.724 bits per heavy atom. The monoisotopic (exact) mass is 428 g/mol. The summed E-state index contributed by atoms with van der Waals surface area (Å²) < 4.78 is 44.6. The van der Waals surface area contributed by atoms with Crippen LogP contribution in [0.15, 0.2) is 23.1 Å². The maximum Gasteiger partial charge on any atom is 0.297 e. The van der Waals surface area contributed by atoms with E-state index in [2.05, 4.69) is 6.92 Å². The van der Waals surface area contributed by atoms with E-state index in [1.165, 1.54) is 96.0 Å². The highest BCUT2D eigenvalue weighted by Gasteiger charge is 2.15. The zero-order valence-corrected chi connectivity index (χ0v) is 19.1. The predicted molar refractivity (Wildman–Crippen MR) is 119 cm³/mol. The number of hydrogen-bond donors (Lipinski definition) is 1. The first kappa shape index (κ1) is 26.1. The number of hydrogen-bond acceptors (Lipinski definition) is 2. The van der Waals surface area contributed by atoms with Crippen LogP contribution in [0.3, 0.4) is 0 Å². The smallest absolute Gasteiger partial charge is 0.282 e. The average molecular weight is 429 g/mol. The third-order valence-corrected chi connectivity index (χ3v) is 6.48. The van der Waals surface area contributed by atoms with Gasteiger partial charge in [-0.25, -0.2) is 4.39 Å². The lowest BCUT2D eigenvalue weighted by Crippen LogP contribution is -2.02. The zero-order valence-electron chi connectivity index (χ0n) is 18.3. The van der Waals surface area contributed by atoms with Crippen LogP contribution in [0, 0.1) is 5.82 Å². The number of aryl methyl sites for hydroxylation is 1. The second-order valence-electron chi connectivity index (χ2n) is 8.29. The van der Waals surface area contributed by atoms with Gasteiger partial charge in [-0.15, -0.1) is 0 Å². The Bertz CT molecular complexity index is 644. The molecule has 1 aromatic rings. The summed E-state index contributed by atoms with van der Waals surface area (Å²) in [5.74, 6) is -0.874. The predicted octanol–water partition coefficient (Wildman–Crippen LogP) is 7.88. The Labute approximate surface area is 178 Å². The van der Waals surface area contributed by atoms with E-state index in [4.69, 9.17) is 4.55 Å². The van der Waals surface area contributed by atoms with E-state index in [0.29, 0.717) is 0 Å². The summed E-state index contributed by atoms with van der Waals surface area (Å²) >= 11 is 0. The second-order valence-corrected chi connectivity index (χ2v) is 9.68. The quantitative estimate of drug-likeness (QED) is 0.191. The Hall–Kier alpha value is -0.940. The van der Waals surface area contributed by atoms with E-state index in [9.17, 15) is 12.8 Å². The van der Waals surface area contributed by atoms with Gasteiger partial charge >= 0.3 is 0 Å². The third-order valence-electron chi connectivity index (χ3n) is 5.59. The fourth-order valence-electron chi connectivity index (χ4n) is 3.79. The van der Waals surface area contributed by atoms with Gasteiger partial charge in [0.05, 0.1) is 0 Å². The molecule has 1 aromatic carbocycles. The number of benzene rings is 1. The Balaban J connectivity index is 1.92. The lowest BCUT2D eigenvalue weighted by Gasteiger charge is -2.05. The number of unbranched alkanes of at least 4 members (excludes halogenated alkanes) is 15. The molecule has 0 aliphatic heterocycles. The van der Waals surface area contributed by atoms with E-state index in [1.54, 1.807) is 6.07 Å². The highest BCUT2D eigenvalue weighted by Crippen LogP contribution is 2.18. The molecule has 1 N–H and O–H groups in total. The highest BCUT2D eigenvalue weighted by atomic mass is 32.2. The van der Waals surface area contributed by atoms with Gasteiger partial charge in [0.2, 0.25) is 0 Å². The molecule has 168 valence electrons. The zero-order chi connectivity index (χ0) is 21.4. The van der Waals surface area contributed by atoms with E-state index in [-0.39, 0.29) is 0 Å². The third kappa shape index (κ3) is 13.1. The first-order valence-electron chi connectivity index (χ1n) is 11.7. The van der Waals surface area contributed by atoms with Crippen LogP contribution < -0.4 is 0 Å². The average Bonchev–Trinajstić information content (AvgIpc) is 2.66. The Morgan fingerprint density at radius 2 is 1.14 bits per heavy atom. The van der Waals surface area contributed by atoms with E-state index in [0.717, 1.165) is 30.9 Å². The molecule has 0 amide bonds. The van der Waals surface area contributed by atoms with Crippen LogP contribution in [-0.2, 0) is 16.5 Å². The van der Waals surface area contributed by atoms with Crippen LogP contribution in [0.2, 0.25) is 0 Å². The maximum absolute atomic E-state index is 13.7. The van der Waals surface area contributed by atoms with Crippen molar-refractivity contribution in [2.75, 3.05) is 0 Å². The summed E-state index contributed by atoms with van der Waals surface area (Å²) in [6, 6.07) is 3.94. The summed E-state index contributed by atoms with van der Waals surface area (Å²) in [6.07, 6.45) is 21.8. The van der Waals surface area contributed by atoms with Gasteiger partial charge in [-0.05, 0) is 30.5 Å². The molecular weight excluding hydrogens is 387 g/mol. The van der Waals surface area contributed by atoms with Crippen LogP contribution in [0.25, 0.3) is 0 Å². The van der Waals surface area contributed by atoms with Gasteiger partial charge in [-0.2, -0.15) is 8.42 Å². The first-order chi connectivity index (χ1) is 13.9. The van der Waals surface area contributed by atoms with Crippen molar-refractivity contribution < 1.29 is 17.4 Å². The van der Waals surface area contributed by atoms with Gasteiger partial charge in [0.1, 0.15) is 10.7 Å². The van der Waals surface area contributed by atoms with Crippen LogP contribution in [0.5, 0.6) is 0 Å². The minimum atomic E-state index is -4.48. The van der Waals surface area contributed by atoms with Gasteiger partial charge in [-0.3, -0.25) is 4.55 Å². The van der Waals surface area contributed by atoms with Gasteiger partial charge in [0, 0.05) is 0 Å². The van der Waals surface area contributed by atoms with Crippen molar-refractivity contribution in [1.82, 2.24) is 0 Å². The topological polar surface area (TPSA) is 54.4 Å². The van der Waals surface area contributed by atoms with Crippen LogP contribution in [0.1, 0.15) is 115 Å². The molecule has 0 saturated carbocycles. The van der Waals surface area contributed by atoms with Gasteiger partial charge in [0.15, 0.2) is 0 Å². The van der Waals surface area contributed by atoms with Crippen molar-refractivity contribution >= 4 is 10.1 Å². The fourth-order valence-corrected chi connectivity index (χ4v) is 4.33. The van der Waals surface area contributed by atoms with Gasteiger partial charge < -0.3 is 0 Å². The van der Waals surface area contributed by atoms with Crippen molar-refractivity contribution in [3.8, 4) is 0 Å². The van der Waals surface area contributed by atoms with Crippen molar-refractivity contribution in [2.45, 2.75) is 121 Å². The number of halogens is 1. The molecule has 0 fully saturated rings. The second kappa shape index (κ2) is 15.8. The standard InChI is InChI=1S/C24H41FO3S/c1-2-3-4-5-6-7-8-9-10-11-12-13-14-15-16-17-18-22-19-20-24(23(25)21-22)29(26,27)28/h19-21H,2-18H2,1H3,(H,26,27,28). The largest absolute Gasteiger partial charge is 0.297 e. The molecule has 3 nitrogen and oxygen atoms in total. The lowest BCUT2D eigenvalue weighted by molar-refractivity contribution is 0.473. The minimum absolute atomic E-state index is 0.645. The minimum Gasteiger partial charge on any atom is -0.282 e. The first-order valence-corrected chi connectivity index (χ1v) is 13.1.